The number of esters is 1. The van der Waals surface area contributed by atoms with Crippen LogP contribution in [0.2, 0.25) is 0 Å². The number of methoxy groups -OCH3 is 1. The highest BCUT2D eigenvalue weighted by Gasteiger charge is 2.29. The van der Waals surface area contributed by atoms with Crippen molar-refractivity contribution >= 4 is 29.1 Å². The van der Waals surface area contributed by atoms with Gasteiger partial charge in [-0.3, -0.25) is 9.69 Å². The molecule has 0 aromatic heterocycles. The summed E-state index contributed by atoms with van der Waals surface area (Å²) in [7, 11) is 1.42. The van der Waals surface area contributed by atoms with Crippen molar-refractivity contribution in [2.75, 3.05) is 30.5 Å². The Morgan fingerprint density at radius 3 is 2.59 bits per heavy atom. The quantitative estimate of drug-likeness (QED) is 0.448. The van der Waals surface area contributed by atoms with Crippen LogP contribution >= 0.6 is 0 Å². The highest BCUT2D eigenvalue weighted by Crippen LogP contribution is 2.40. The first-order chi connectivity index (χ1) is 17.9. The lowest BCUT2D eigenvalue weighted by Crippen LogP contribution is -2.36. The van der Waals surface area contributed by atoms with Gasteiger partial charge in [0.15, 0.2) is 0 Å². The summed E-state index contributed by atoms with van der Waals surface area (Å²) in [6, 6.07) is 13.5. The van der Waals surface area contributed by atoms with E-state index in [4.69, 9.17) is 19.9 Å². The third-order valence-corrected chi connectivity index (χ3v) is 7.47. The molecule has 2 saturated heterocycles. The number of carbonyl (C=O) groups excluding carboxylic acids is 2. The van der Waals surface area contributed by atoms with E-state index >= 15 is 0 Å². The standard InChI is InChI=1S/C29H39N3O5/c1-4-23-18-22(12-14-36-23)31-24-10-9-21(27-15-20(11-13-37-27)16-28(33)35-3)17-26(24)32(29(30)34)25-8-6-5-7-19(25)2/h5-10,17,20,22-23,27,31H,4,11-16,18H2,1-3H3,(H2,30,34). The molecular weight excluding hydrogens is 470 g/mol. The molecule has 2 aromatic rings. The van der Waals surface area contributed by atoms with E-state index in [9.17, 15) is 9.59 Å². The number of nitrogens with zero attached hydrogens (tertiary/aromatic N) is 1. The second kappa shape index (κ2) is 12.4. The van der Waals surface area contributed by atoms with Crippen LogP contribution < -0.4 is 16.0 Å². The van der Waals surface area contributed by atoms with Gasteiger partial charge in [0.2, 0.25) is 0 Å². The van der Waals surface area contributed by atoms with Gasteiger partial charge in [0.25, 0.3) is 0 Å². The molecule has 4 unspecified atom stereocenters. The van der Waals surface area contributed by atoms with E-state index in [0.717, 1.165) is 48.2 Å². The molecule has 2 heterocycles. The molecule has 2 aliphatic rings. The Labute approximate surface area is 219 Å². The van der Waals surface area contributed by atoms with E-state index in [1.807, 2.05) is 49.4 Å². The van der Waals surface area contributed by atoms with Gasteiger partial charge in [-0.15, -0.1) is 0 Å². The van der Waals surface area contributed by atoms with Gasteiger partial charge in [-0.2, -0.15) is 0 Å². The van der Waals surface area contributed by atoms with Gasteiger partial charge in [0.05, 0.1) is 36.4 Å². The fourth-order valence-corrected chi connectivity index (χ4v) is 5.36. The van der Waals surface area contributed by atoms with Gasteiger partial charge in [-0.25, -0.2) is 4.79 Å². The summed E-state index contributed by atoms with van der Waals surface area (Å²) in [5, 5.41) is 3.68. The molecule has 3 N–H and O–H groups in total. The van der Waals surface area contributed by atoms with Crippen LogP contribution in [-0.4, -0.2) is 44.5 Å². The minimum Gasteiger partial charge on any atom is -0.469 e. The Kier molecular flexibility index (Phi) is 9.05. The Hall–Kier alpha value is -3.10. The van der Waals surface area contributed by atoms with E-state index in [0.29, 0.717) is 31.7 Å². The summed E-state index contributed by atoms with van der Waals surface area (Å²) in [6.07, 6.45) is 4.69. The minimum atomic E-state index is -0.555. The molecule has 2 aliphatic heterocycles. The van der Waals surface area contributed by atoms with Gasteiger partial charge >= 0.3 is 12.0 Å². The second-order valence-corrected chi connectivity index (χ2v) is 10.0. The maximum absolute atomic E-state index is 12.9. The summed E-state index contributed by atoms with van der Waals surface area (Å²) in [5.41, 5.74) is 10.2. The lowest BCUT2D eigenvalue weighted by atomic mass is 9.89. The van der Waals surface area contributed by atoms with Crippen LogP contribution in [0.3, 0.4) is 0 Å². The molecule has 0 bridgehead atoms. The topological polar surface area (TPSA) is 103 Å². The highest BCUT2D eigenvalue weighted by molar-refractivity contribution is 6.02. The second-order valence-electron chi connectivity index (χ2n) is 10.0. The van der Waals surface area contributed by atoms with Crippen LogP contribution in [0.1, 0.15) is 62.7 Å². The van der Waals surface area contributed by atoms with Crippen molar-refractivity contribution in [1.29, 1.82) is 0 Å². The highest BCUT2D eigenvalue weighted by atomic mass is 16.5. The first-order valence-corrected chi connectivity index (χ1v) is 13.2. The van der Waals surface area contributed by atoms with Crippen molar-refractivity contribution in [3.05, 3.63) is 53.6 Å². The number of urea groups is 1. The van der Waals surface area contributed by atoms with Crippen LogP contribution in [0.5, 0.6) is 0 Å². The smallest absolute Gasteiger partial charge is 0.323 e. The molecule has 8 heteroatoms. The molecule has 0 spiro atoms. The van der Waals surface area contributed by atoms with E-state index in [2.05, 4.69) is 12.2 Å². The van der Waals surface area contributed by atoms with E-state index in [1.165, 1.54) is 7.11 Å². The summed E-state index contributed by atoms with van der Waals surface area (Å²) in [4.78, 5) is 26.4. The zero-order chi connectivity index (χ0) is 26.4. The number of ether oxygens (including phenoxy) is 3. The maximum Gasteiger partial charge on any atom is 0.323 e. The minimum absolute atomic E-state index is 0.185. The third-order valence-electron chi connectivity index (χ3n) is 7.47. The Morgan fingerprint density at radius 1 is 1.08 bits per heavy atom. The summed E-state index contributed by atoms with van der Waals surface area (Å²) in [6.45, 7) is 5.38. The van der Waals surface area contributed by atoms with E-state index < -0.39 is 6.03 Å². The average Bonchev–Trinajstić information content (AvgIpc) is 2.90. The molecular formula is C29H39N3O5. The van der Waals surface area contributed by atoms with Crippen LogP contribution in [0, 0.1) is 12.8 Å². The fraction of sp³-hybridized carbons (Fsp3) is 0.517. The number of hydrogen-bond donors (Lipinski definition) is 2. The van der Waals surface area contributed by atoms with Gasteiger partial charge in [0.1, 0.15) is 0 Å². The monoisotopic (exact) mass is 509 g/mol. The lowest BCUT2D eigenvalue weighted by Gasteiger charge is -2.33. The maximum atomic E-state index is 12.9. The number of nitrogens with two attached hydrogens (primary N) is 1. The third kappa shape index (κ3) is 6.62. The predicted molar refractivity (Wildman–Crippen MR) is 144 cm³/mol. The Bertz CT molecular complexity index is 1090. The van der Waals surface area contributed by atoms with Crippen LogP contribution in [0.15, 0.2) is 42.5 Å². The van der Waals surface area contributed by atoms with E-state index in [-0.39, 0.29) is 30.1 Å². The largest absolute Gasteiger partial charge is 0.469 e. The molecule has 2 aromatic carbocycles. The molecule has 2 amide bonds. The molecule has 37 heavy (non-hydrogen) atoms. The van der Waals surface area contributed by atoms with Gasteiger partial charge in [0, 0.05) is 25.7 Å². The molecule has 0 saturated carbocycles. The molecule has 8 nitrogen and oxygen atoms in total. The van der Waals surface area contributed by atoms with Gasteiger partial charge in [-0.05, 0) is 74.3 Å². The number of rotatable bonds is 8. The predicted octanol–water partition coefficient (Wildman–Crippen LogP) is 5.61. The number of anilines is 3. The number of aryl methyl sites for hydroxylation is 1. The molecule has 4 atom stereocenters. The van der Waals surface area contributed by atoms with Gasteiger partial charge in [-0.1, -0.05) is 31.2 Å². The first kappa shape index (κ1) is 26.9. The fourth-order valence-electron chi connectivity index (χ4n) is 5.36. The van der Waals surface area contributed by atoms with Crippen molar-refractivity contribution < 1.29 is 23.8 Å². The number of amides is 2. The normalized spacial score (nSPS) is 23.8. The Morgan fingerprint density at radius 2 is 1.86 bits per heavy atom. The number of carbonyl (C=O) groups is 2. The van der Waals surface area contributed by atoms with Gasteiger partial charge < -0.3 is 25.3 Å². The number of para-hydroxylation sites is 1. The number of nitrogens with one attached hydrogen (secondary N) is 1. The number of benzene rings is 2. The van der Waals surface area contributed by atoms with E-state index in [1.54, 1.807) is 4.90 Å². The van der Waals surface area contributed by atoms with Crippen molar-refractivity contribution in [3.63, 3.8) is 0 Å². The number of hydrogen-bond acceptors (Lipinski definition) is 6. The zero-order valence-electron chi connectivity index (χ0n) is 22.1. The van der Waals surface area contributed by atoms with Crippen LogP contribution in [0.4, 0.5) is 21.9 Å². The van der Waals surface area contributed by atoms with Crippen LogP contribution in [-0.2, 0) is 19.0 Å². The van der Waals surface area contributed by atoms with Crippen molar-refractivity contribution in [1.82, 2.24) is 0 Å². The lowest BCUT2D eigenvalue weighted by molar-refractivity contribution is -0.143. The number of primary amides is 1. The molecule has 4 rings (SSSR count). The zero-order valence-corrected chi connectivity index (χ0v) is 22.1. The molecule has 200 valence electrons. The molecule has 2 fully saturated rings. The molecule has 0 aliphatic carbocycles. The summed E-state index contributed by atoms with van der Waals surface area (Å²) < 4.78 is 16.9. The van der Waals surface area contributed by atoms with Crippen LogP contribution in [0.25, 0.3) is 0 Å². The van der Waals surface area contributed by atoms with Crippen molar-refractivity contribution in [2.45, 2.75) is 70.6 Å². The van der Waals surface area contributed by atoms with Crippen molar-refractivity contribution in [3.8, 4) is 0 Å². The SMILES string of the molecule is CCC1CC(Nc2ccc(C3CC(CC(=O)OC)CCO3)cc2N(C(N)=O)c2ccccc2C)CCO1. The summed E-state index contributed by atoms with van der Waals surface area (Å²) >= 11 is 0. The van der Waals surface area contributed by atoms with Crippen molar-refractivity contribution in [2.24, 2.45) is 11.7 Å². The summed E-state index contributed by atoms with van der Waals surface area (Å²) in [5.74, 6) is -0.0172. The average molecular weight is 510 g/mol. The molecule has 0 radical (unpaired) electrons. The Balaban J connectivity index is 1.69. The first-order valence-electron chi connectivity index (χ1n) is 13.2.